The summed E-state index contributed by atoms with van der Waals surface area (Å²) >= 11 is 9.18. The Morgan fingerprint density at radius 1 is 1.64 bits per heavy atom. The molecule has 0 aliphatic heterocycles. The minimum atomic E-state index is -0.373. The van der Waals surface area contributed by atoms with Crippen LogP contribution < -0.4 is 5.73 Å². The predicted molar refractivity (Wildman–Crippen MR) is 61.8 cm³/mol. The number of primary amides is 1. The molecule has 0 radical (unpaired) electrons. The summed E-state index contributed by atoms with van der Waals surface area (Å²) in [5.41, 5.74) is 7.20. The van der Waals surface area contributed by atoms with Gasteiger partial charge in [0.25, 0.3) is 0 Å². The van der Waals surface area contributed by atoms with E-state index in [9.17, 15) is 4.79 Å². The van der Waals surface area contributed by atoms with E-state index in [-0.39, 0.29) is 10.7 Å². The van der Waals surface area contributed by atoms with Crippen molar-refractivity contribution >= 4 is 33.4 Å². The number of carbonyl (C=O) groups is 1. The van der Waals surface area contributed by atoms with Crippen LogP contribution in [0.2, 0.25) is 5.02 Å². The van der Waals surface area contributed by atoms with Crippen LogP contribution in [0.25, 0.3) is 0 Å². The fraction of sp³-hybridized carbons (Fsp3) is 0.300. The zero-order chi connectivity index (χ0) is 10.7. The van der Waals surface area contributed by atoms with Gasteiger partial charge in [-0.25, -0.2) is 0 Å². The van der Waals surface area contributed by atoms with E-state index in [1.54, 1.807) is 0 Å². The molecule has 0 fully saturated rings. The monoisotopic (exact) mass is 275 g/mol. The Bertz CT molecular complexity index is 354. The Kier molecular flexibility index (Phi) is 3.96. The summed E-state index contributed by atoms with van der Waals surface area (Å²) in [6, 6.07) is 5.71. The van der Waals surface area contributed by atoms with E-state index in [4.69, 9.17) is 17.3 Å². The van der Waals surface area contributed by atoms with E-state index in [1.165, 1.54) is 0 Å². The molecule has 4 heteroatoms. The molecule has 0 saturated heterocycles. The van der Waals surface area contributed by atoms with E-state index in [1.807, 2.05) is 25.1 Å². The van der Waals surface area contributed by atoms with Gasteiger partial charge in [-0.3, -0.25) is 4.79 Å². The van der Waals surface area contributed by atoms with Crippen molar-refractivity contribution in [1.29, 1.82) is 0 Å². The van der Waals surface area contributed by atoms with Gasteiger partial charge in [-0.15, -0.1) is 0 Å². The highest BCUT2D eigenvalue weighted by Crippen LogP contribution is 2.20. The standard InChI is InChI=1S/C10H11BrClNO/c1-6-2-3-9(12)7(4-6)5-8(11)10(13)14/h2-4,8H,5H2,1H3,(H2,13,14). The zero-order valence-corrected chi connectivity index (χ0v) is 10.1. The summed E-state index contributed by atoms with van der Waals surface area (Å²) in [5, 5.41) is 0.668. The Balaban J connectivity index is 2.85. The maximum Gasteiger partial charge on any atom is 0.231 e. The second-order valence-corrected chi connectivity index (χ2v) is 4.68. The highest BCUT2D eigenvalue weighted by atomic mass is 79.9. The first-order valence-electron chi connectivity index (χ1n) is 4.19. The lowest BCUT2D eigenvalue weighted by molar-refractivity contribution is -0.117. The van der Waals surface area contributed by atoms with Crippen molar-refractivity contribution in [3.05, 3.63) is 34.3 Å². The topological polar surface area (TPSA) is 43.1 Å². The van der Waals surface area contributed by atoms with Crippen molar-refractivity contribution in [1.82, 2.24) is 0 Å². The summed E-state index contributed by atoms with van der Waals surface area (Å²) in [6.45, 7) is 1.98. The highest BCUT2D eigenvalue weighted by Gasteiger charge is 2.13. The molecular formula is C10H11BrClNO. The van der Waals surface area contributed by atoms with Gasteiger partial charge in [0.05, 0.1) is 4.83 Å². The van der Waals surface area contributed by atoms with E-state index < -0.39 is 0 Å². The van der Waals surface area contributed by atoms with Crippen molar-refractivity contribution in [2.75, 3.05) is 0 Å². The molecule has 1 aromatic carbocycles. The number of aryl methyl sites for hydroxylation is 1. The number of amides is 1. The summed E-state index contributed by atoms with van der Waals surface area (Å²) in [7, 11) is 0. The number of nitrogens with two attached hydrogens (primary N) is 1. The van der Waals surface area contributed by atoms with Gasteiger partial charge in [-0.05, 0) is 25.0 Å². The maximum absolute atomic E-state index is 10.8. The van der Waals surface area contributed by atoms with Crippen LogP contribution in [0, 0.1) is 6.92 Å². The second-order valence-electron chi connectivity index (χ2n) is 3.17. The average molecular weight is 277 g/mol. The molecule has 0 saturated carbocycles. The molecule has 0 aromatic heterocycles. The van der Waals surface area contributed by atoms with Gasteiger partial charge in [0.15, 0.2) is 0 Å². The molecule has 0 aliphatic carbocycles. The molecule has 1 unspecified atom stereocenters. The number of benzene rings is 1. The molecule has 0 heterocycles. The lowest BCUT2D eigenvalue weighted by atomic mass is 10.1. The normalized spacial score (nSPS) is 12.5. The molecule has 1 atom stereocenters. The molecular weight excluding hydrogens is 265 g/mol. The lowest BCUT2D eigenvalue weighted by Crippen LogP contribution is -2.25. The number of hydrogen-bond donors (Lipinski definition) is 1. The lowest BCUT2D eigenvalue weighted by Gasteiger charge is -2.08. The molecule has 76 valence electrons. The Labute approximate surface area is 96.6 Å². The first-order valence-corrected chi connectivity index (χ1v) is 5.48. The minimum Gasteiger partial charge on any atom is -0.369 e. The minimum absolute atomic E-state index is 0.359. The van der Waals surface area contributed by atoms with Crippen LogP contribution in [0.15, 0.2) is 18.2 Å². The van der Waals surface area contributed by atoms with Gasteiger partial charge in [0.2, 0.25) is 5.91 Å². The van der Waals surface area contributed by atoms with E-state index in [0.29, 0.717) is 11.4 Å². The van der Waals surface area contributed by atoms with Crippen molar-refractivity contribution in [2.45, 2.75) is 18.2 Å². The fourth-order valence-corrected chi connectivity index (χ4v) is 1.70. The van der Waals surface area contributed by atoms with Crippen LogP contribution in [0.5, 0.6) is 0 Å². The smallest absolute Gasteiger partial charge is 0.231 e. The van der Waals surface area contributed by atoms with Crippen molar-refractivity contribution < 1.29 is 4.79 Å². The third-order valence-electron chi connectivity index (χ3n) is 1.91. The summed E-state index contributed by atoms with van der Waals surface area (Å²) in [6.07, 6.45) is 0.524. The van der Waals surface area contributed by atoms with Gasteiger partial charge in [0, 0.05) is 5.02 Å². The predicted octanol–water partition coefficient (Wildman–Crippen LogP) is 2.44. The quantitative estimate of drug-likeness (QED) is 0.847. The number of alkyl halides is 1. The van der Waals surface area contributed by atoms with Gasteiger partial charge >= 0.3 is 0 Å². The summed E-state index contributed by atoms with van der Waals surface area (Å²) in [5.74, 6) is -0.373. The Morgan fingerprint density at radius 3 is 2.86 bits per heavy atom. The fourth-order valence-electron chi connectivity index (χ4n) is 1.15. The van der Waals surface area contributed by atoms with Crippen LogP contribution >= 0.6 is 27.5 Å². The maximum atomic E-state index is 10.8. The summed E-state index contributed by atoms with van der Waals surface area (Å²) < 4.78 is 0. The molecule has 14 heavy (non-hydrogen) atoms. The average Bonchev–Trinajstić information content (AvgIpc) is 2.11. The van der Waals surface area contributed by atoms with Gasteiger partial charge in [-0.2, -0.15) is 0 Å². The summed E-state index contributed by atoms with van der Waals surface area (Å²) in [4.78, 5) is 10.5. The number of halogens is 2. The first kappa shape index (κ1) is 11.5. The second kappa shape index (κ2) is 4.80. The van der Waals surface area contributed by atoms with Crippen molar-refractivity contribution in [2.24, 2.45) is 5.73 Å². The van der Waals surface area contributed by atoms with E-state index >= 15 is 0 Å². The van der Waals surface area contributed by atoms with Crippen LogP contribution in [0.1, 0.15) is 11.1 Å². The molecule has 0 spiro atoms. The molecule has 2 N–H and O–H groups in total. The van der Waals surface area contributed by atoms with Gasteiger partial charge in [-0.1, -0.05) is 45.2 Å². The van der Waals surface area contributed by atoms with Gasteiger partial charge < -0.3 is 5.73 Å². The number of rotatable bonds is 3. The SMILES string of the molecule is Cc1ccc(Cl)c(CC(Br)C(N)=O)c1. The highest BCUT2D eigenvalue weighted by molar-refractivity contribution is 9.10. The molecule has 1 rings (SSSR count). The Hall–Kier alpha value is -0.540. The Morgan fingerprint density at radius 2 is 2.29 bits per heavy atom. The van der Waals surface area contributed by atoms with Crippen molar-refractivity contribution in [3.8, 4) is 0 Å². The number of hydrogen-bond acceptors (Lipinski definition) is 1. The molecule has 0 bridgehead atoms. The zero-order valence-electron chi connectivity index (χ0n) is 7.76. The van der Waals surface area contributed by atoms with E-state index in [0.717, 1.165) is 11.1 Å². The van der Waals surface area contributed by atoms with Crippen molar-refractivity contribution in [3.63, 3.8) is 0 Å². The first-order chi connectivity index (χ1) is 6.50. The van der Waals surface area contributed by atoms with E-state index in [2.05, 4.69) is 15.9 Å². The molecule has 1 amide bonds. The van der Waals surface area contributed by atoms with Crippen LogP contribution in [-0.2, 0) is 11.2 Å². The van der Waals surface area contributed by atoms with Crippen LogP contribution in [-0.4, -0.2) is 10.7 Å². The largest absolute Gasteiger partial charge is 0.369 e. The number of carbonyl (C=O) groups excluding carboxylic acids is 1. The molecule has 1 aromatic rings. The molecule has 2 nitrogen and oxygen atoms in total. The molecule has 0 aliphatic rings. The van der Waals surface area contributed by atoms with Gasteiger partial charge in [0.1, 0.15) is 0 Å². The third-order valence-corrected chi connectivity index (χ3v) is 3.05. The van der Waals surface area contributed by atoms with Crippen LogP contribution in [0.3, 0.4) is 0 Å². The third kappa shape index (κ3) is 3.00. The van der Waals surface area contributed by atoms with Crippen LogP contribution in [0.4, 0.5) is 0 Å².